The fourth-order valence-electron chi connectivity index (χ4n) is 1.73. The summed E-state index contributed by atoms with van der Waals surface area (Å²) in [5.74, 6) is 0. The van der Waals surface area contributed by atoms with Crippen LogP contribution in [-0.2, 0) is 4.74 Å². The third-order valence-corrected chi connectivity index (χ3v) is 3.11. The molecule has 0 unspecified atom stereocenters. The molecule has 0 bridgehead atoms. The molecule has 0 saturated heterocycles. The summed E-state index contributed by atoms with van der Waals surface area (Å²) in [4.78, 5) is 22.9. The molecule has 1 rings (SSSR count). The Balaban J connectivity index is 3.16. The molecule has 7 nitrogen and oxygen atoms in total. The summed E-state index contributed by atoms with van der Waals surface area (Å²) in [6.07, 6.45) is -0.624. The van der Waals surface area contributed by atoms with E-state index in [-0.39, 0.29) is 17.9 Å². The van der Waals surface area contributed by atoms with Gasteiger partial charge in [0.15, 0.2) is 0 Å². The quantitative estimate of drug-likeness (QED) is 0.518. The van der Waals surface area contributed by atoms with E-state index in [2.05, 4.69) is 12.8 Å². The molecule has 0 heterocycles. The standard InChI is InChI=1S/C14H21N3O4S/c1-6-15(13(18)21-14(3,4)5)16(22)12-9-10(2)7-8-11(12)17(19)20/h7-9,22H,6H2,1-5H3. The van der Waals surface area contributed by atoms with E-state index >= 15 is 0 Å². The van der Waals surface area contributed by atoms with E-state index in [1.54, 1.807) is 46.8 Å². The van der Waals surface area contributed by atoms with Gasteiger partial charge in [-0.25, -0.2) is 14.2 Å². The third kappa shape index (κ3) is 4.52. The zero-order chi connectivity index (χ0) is 17.1. The number of thiol groups is 1. The van der Waals surface area contributed by atoms with Crippen LogP contribution >= 0.6 is 12.8 Å². The van der Waals surface area contributed by atoms with Crippen molar-refractivity contribution in [2.45, 2.75) is 40.2 Å². The summed E-state index contributed by atoms with van der Waals surface area (Å²) in [5, 5.41) is 12.3. The van der Waals surface area contributed by atoms with Crippen LogP contribution in [0, 0.1) is 17.0 Å². The molecule has 0 fully saturated rings. The summed E-state index contributed by atoms with van der Waals surface area (Å²) in [5.41, 5.74) is 0.223. The summed E-state index contributed by atoms with van der Waals surface area (Å²) in [7, 11) is 0. The number of nitro groups is 1. The fraction of sp³-hybridized carbons (Fsp3) is 0.500. The highest BCUT2D eigenvalue weighted by molar-refractivity contribution is 7.81. The fourth-order valence-corrected chi connectivity index (χ4v) is 2.09. The molecule has 0 spiro atoms. The molecule has 1 amide bonds. The monoisotopic (exact) mass is 327 g/mol. The molecular formula is C14H21N3O4S. The van der Waals surface area contributed by atoms with E-state index in [1.165, 1.54) is 11.1 Å². The van der Waals surface area contributed by atoms with E-state index < -0.39 is 16.6 Å². The first-order valence-corrected chi connectivity index (χ1v) is 7.21. The molecule has 22 heavy (non-hydrogen) atoms. The van der Waals surface area contributed by atoms with Crippen molar-refractivity contribution >= 4 is 30.3 Å². The highest BCUT2D eigenvalue weighted by atomic mass is 32.1. The summed E-state index contributed by atoms with van der Waals surface area (Å²) in [6, 6.07) is 4.61. The lowest BCUT2D eigenvalue weighted by atomic mass is 10.2. The van der Waals surface area contributed by atoms with Crippen LogP contribution in [-0.4, -0.2) is 28.2 Å². The molecule has 1 aromatic carbocycles. The van der Waals surface area contributed by atoms with E-state index in [0.29, 0.717) is 0 Å². The Hall–Kier alpha value is -1.96. The van der Waals surface area contributed by atoms with Gasteiger partial charge < -0.3 is 4.74 Å². The Morgan fingerprint density at radius 1 is 1.41 bits per heavy atom. The Labute approximate surface area is 135 Å². The van der Waals surface area contributed by atoms with Crippen molar-refractivity contribution < 1.29 is 14.5 Å². The van der Waals surface area contributed by atoms with Gasteiger partial charge in [-0.15, -0.1) is 0 Å². The third-order valence-electron chi connectivity index (χ3n) is 2.68. The lowest BCUT2D eigenvalue weighted by Gasteiger charge is -2.32. The van der Waals surface area contributed by atoms with Crippen LogP contribution in [0.15, 0.2) is 18.2 Å². The minimum atomic E-state index is -0.669. The minimum absolute atomic E-state index is 0.136. The van der Waals surface area contributed by atoms with Crippen molar-refractivity contribution in [3.8, 4) is 0 Å². The largest absolute Gasteiger partial charge is 0.442 e. The van der Waals surface area contributed by atoms with E-state index in [0.717, 1.165) is 9.98 Å². The number of aryl methyl sites for hydroxylation is 1. The Morgan fingerprint density at radius 3 is 2.45 bits per heavy atom. The molecular weight excluding hydrogens is 306 g/mol. The zero-order valence-corrected chi connectivity index (χ0v) is 14.3. The Kier molecular flexibility index (Phi) is 5.65. The van der Waals surface area contributed by atoms with Gasteiger partial charge in [0.1, 0.15) is 11.3 Å². The van der Waals surface area contributed by atoms with E-state index in [1.807, 2.05) is 0 Å². The topological polar surface area (TPSA) is 75.9 Å². The Morgan fingerprint density at radius 2 is 2.00 bits per heavy atom. The Bertz CT molecular complexity index is 572. The number of carbonyl (C=O) groups excluding carboxylic acids is 1. The van der Waals surface area contributed by atoms with Crippen LogP contribution in [0.3, 0.4) is 0 Å². The molecule has 0 aliphatic carbocycles. The first kappa shape index (κ1) is 18.1. The van der Waals surface area contributed by atoms with Gasteiger partial charge in [-0.2, -0.15) is 0 Å². The maximum atomic E-state index is 12.2. The summed E-state index contributed by atoms with van der Waals surface area (Å²) >= 11 is 4.25. The van der Waals surface area contributed by atoms with E-state index in [9.17, 15) is 14.9 Å². The average Bonchev–Trinajstić information content (AvgIpc) is 2.36. The number of nitro benzene ring substituents is 1. The van der Waals surface area contributed by atoms with Crippen molar-refractivity contribution in [3.63, 3.8) is 0 Å². The SMILES string of the molecule is CCN(C(=O)OC(C)(C)C)N(S)c1cc(C)ccc1[N+](=O)[O-]. The van der Waals surface area contributed by atoms with Crippen LogP contribution in [0.4, 0.5) is 16.2 Å². The smallest absolute Gasteiger partial charge is 0.430 e. The second kappa shape index (κ2) is 6.87. The van der Waals surface area contributed by atoms with Gasteiger partial charge in [0.05, 0.1) is 4.92 Å². The summed E-state index contributed by atoms with van der Waals surface area (Å²) < 4.78 is 6.44. The van der Waals surface area contributed by atoms with Gasteiger partial charge in [-0.05, 0) is 59.1 Å². The molecule has 0 saturated carbocycles. The molecule has 0 atom stereocenters. The van der Waals surface area contributed by atoms with Crippen LogP contribution in [0.1, 0.15) is 33.3 Å². The number of benzene rings is 1. The van der Waals surface area contributed by atoms with Crippen LogP contribution in [0.5, 0.6) is 0 Å². The van der Waals surface area contributed by atoms with Gasteiger partial charge in [0.2, 0.25) is 0 Å². The predicted molar refractivity (Wildman–Crippen MR) is 87.9 cm³/mol. The van der Waals surface area contributed by atoms with Crippen LogP contribution in [0.25, 0.3) is 0 Å². The van der Waals surface area contributed by atoms with Crippen molar-refractivity contribution in [3.05, 3.63) is 33.9 Å². The number of hydrogen-bond donors (Lipinski definition) is 1. The number of ether oxygens (including phenoxy) is 1. The molecule has 0 aromatic heterocycles. The maximum Gasteiger partial charge on any atom is 0.430 e. The molecule has 0 N–H and O–H groups in total. The number of hydrogen-bond acceptors (Lipinski definition) is 6. The normalized spacial score (nSPS) is 11.0. The number of anilines is 1. The minimum Gasteiger partial charge on any atom is -0.442 e. The average molecular weight is 327 g/mol. The van der Waals surface area contributed by atoms with Gasteiger partial charge in [0.25, 0.3) is 5.69 Å². The zero-order valence-electron chi connectivity index (χ0n) is 13.4. The van der Waals surface area contributed by atoms with Gasteiger partial charge in [0, 0.05) is 12.6 Å². The van der Waals surface area contributed by atoms with Crippen LogP contribution in [0.2, 0.25) is 0 Å². The highest BCUT2D eigenvalue weighted by Gasteiger charge is 2.28. The van der Waals surface area contributed by atoms with Crippen molar-refractivity contribution in [1.82, 2.24) is 5.01 Å². The number of nitrogens with zero attached hydrogens (tertiary/aromatic N) is 3. The predicted octanol–water partition coefficient (Wildman–Crippen LogP) is 3.73. The van der Waals surface area contributed by atoms with Crippen LogP contribution < -0.4 is 4.41 Å². The lowest BCUT2D eigenvalue weighted by Crippen LogP contribution is -2.44. The first-order chi connectivity index (χ1) is 10.1. The van der Waals surface area contributed by atoms with Crippen molar-refractivity contribution in [2.75, 3.05) is 11.0 Å². The number of rotatable bonds is 4. The van der Waals surface area contributed by atoms with Crippen molar-refractivity contribution in [1.29, 1.82) is 0 Å². The highest BCUT2D eigenvalue weighted by Crippen LogP contribution is 2.32. The molecule has 0 aliphatic heterocycles. The summed E-state index contributed by atoms with van der Waals surface area (Å²) in [6.45, 7) is 9.03. The number of hydrazine groups is 1. The molecule has 1 aromatic rings. The first-order valence-electron chi connectivity index (χ1n) is 6.81. The second-order valence-corrected chi connectivity index (χ2v) is 6.11. The number of amides is 1. The molecule has 8 heteroatoms. The maximum absolute atomic E-state index is 12.2. The van der Waals surface area contributed by atoms with E-state index in [4.69, 9.17) is 4.74 Å². The second-order valence-electron chi connectivity index (χ2n) is 5.73. The van der Waals surface area contributed by atoms with Gasteiger partial charge >= 0.3 is 6.09 Å². The lowest BCUT2D eigenvalue weighted by molar-refractivity contribution is -0.384. The molecule has 0 aliphatic rings. The van der Waals surface area contributed by atoms with Crippen molar-refractivity contribution in [2.24, 2.45) is 0 Å². The van der Waals surface area contributed by atoms with Gasteiger partial charge in [-0.3, -0.25) is 10.1 Å². The van der Waals surface area contributed by atoms with Gasteiger partial charge in [-0.1, -0.05) is 6.07 Å². The molecule has 0 radical (unpaired) electrons. The number of carbonyl (C=O) groups is 1. The molecule has 122 valence electrons.